The molecule has 1 unspecified atom stereocenters. The number of nitrogens with zero attached hydrogens (tertiary/aromatic N) is 2. The molecule has 0 radical (unpaired) electrons. The molecule has 2 aliphatic heterocycles. The fourth-order valence-electron chi connectivity index (χ4n) is 3.19. The van der Waals surface area contributed by atoms with Crippen molar-refractivity contribution in [1.29, 1.82) is 0 Å². The maximum atomic E-state index is 5.74. The third kappa shape index (κ3) is 4.24. The quantitative estimate of drug-likeness (QED) is 0.496. The van der Waals surface area contributed by atoms with Crippen molar-refractivity contribution in [2.24, 2.45) is 10.9 Å². The van der Waals surface area contributed by atoms with Gasteiger partial charge in [-0.2, -0.15) is 0 Å². The number of fused-ring (bicyclic) bond motifs is 1. The van der Waals surface area contributed by atoms with Crippen LogP contribution >= 0.6 is 0 Å². The smallest absolute Gasteiger partial charge is 0.198 e. The number of anilines is 1. The van der Waals surface area contributed by atoms with Crippen LogP contribution in [0, 0.1) is 5.92 Å². The molecule has 2 heterocycles. The second kappa shape index (κ2) is 8.31. The third-order valence-corrected chi connectivity index (χ3v) is 4.48. The summed E-state index contributed by atoms with van der Waals surface area (Å²) in [6, 6.07) is 8.56. The highest BCUT2D eigenvalue weighted by Crippen LogP contribution is 2.27. The van der Waals surface area contributed by atoms with Gasteiger partial charge in [-0.3, -0.25) is 4.99 Å². The zero-order valence-corrected chi connectivity index (χ0v) is 14.0. The summed E-state index contributed by atoms with van der Waals surface area (Å²) in [6.07, 6.45) is 3.21. The molecule has 1 aromatic rings. The van der Waals surface area contributed by atoms with Gasteiger partial charge in [-0.25, -0.2) is 0 Å². The topological polar surface area (TPSA) is 46.1 Å². The zero-order chi connectivity index (χ0) is 15.9. The van der Waals surface area contributed by atoms with Crippen molar-refractivity contribution in [3.8, 4) is 0 Å². The van der Waals surface area contributed by atoms with Crippen LogP contribution in [0.2, 0.25) is 0 Å². The number of guanidine groups is 1. The highest BCUT2D eigenvalue weighted by molar-refractivity contribution is 5.97. The zero-order valence-electron chi connectivity index (χ0n) is 14.0. The van der Waals surface area contributed by atoms with Crippen molar-refractivity contribution in [3.63, 3.8) is 0 Å². The average Bonchev–Trinajstić information content (AvgIpc) is 3.24. The lowest BCUT2D eigenvalue weighted by atomic mass is 10.1. The summed E-state index contributed by atoms with van der Waals surface area (Å²) < 4.78 is 11.1. The van der Waals surface area contributed by atoms with E-state index in [4.69, 9.17) is 9.47 Å². The molecule has 0 aliphatic carbocycles. The lowest BCUT2D eigenvalue weighted by Gasteiger charge is -2.22. The van der Waals surface area contributed by atoms with Gasteiger partial charge < -0.3 is 19.7 Å². The predicted octanol–water partition coefficient (Wildman–Crippen LogP) is 2.07. The van der Waals surface area contributed by atoms with Crippen molar-refractivity contribution >= 4 is 11.6 Å². The van der Waals surface area contributed by atoms with E-state index in [0.717, 1.165) is 64.7 Å². The summed E-state index contributed by atoms with van der Waals surface area (Å²) in [5.41, 5.74) is 2.68. The first-order chi connectivity index (χ1) is 11.4. The van der Waals surface area contributed by atoms with Gasteiger partial charge in [0, 0.05) is 45.0 Å². The normalized spacial score (nSPS) is 20.8. The Bertz CT molecular complexity index is 527. The van der Waals surface area contributed by atoms with E-state index < -0.39 is 0 Å². The van der Waals surface area contributed by atoms with Gasteiger partial charge >= 0.3 is 0 Å². The second-order valence-electron chi connectivity index (χ2n) is 6.16. The number of hydrogen-bond donors (Lipinski definition) is 1. The molecule has 1 fully saturated rings. The van der Waals surface area contributed by atoms with Crippen molar-refractivity contribution < 1.29 is 9.47 Å². The second-order valence-corrected chi connectivity index (χ2v) is 6.16. The molecule has 126 valence electrons. The number of hydrogen-bond acceptors (Lipinski definition) is 3. The van der Waals surface area contributed by atoms with E-state index in [2.05, 4.69) is 39.5 Å². The molecular formula is C18H27N3O2. The predicted molar refractivity (Wildman–Crippen MR) is 93.2 cm³/mol. The number of aliphatic imine (C=N–C) groups is 1. The molecule has 2 aliphatic rings. The number of benzene rings is 1. The molecule has 5 heteroatoms. The van der Waals surface area contributed by atoms with Crippen LogP contribution in [0.25, 0.3) is 0 Å². The summed E-state index contributed by atoms with van der Waals surface area (Å²) in [4.78, 5) is 6.69. The number of rotatable bonds is 6. The van der Waals surface area contributed by atoms with E-state index in [1.807, 2.05) is 7.05 Å². The molecule has 1 atom stereocenters. The molecule has 0 bridgehead atoms. The SMILES string of the molecule is CN=C(NCCCOCC1CCOC1)N1CCc2ccccc21. The van der Waals surface area contributed by atoms with Crippen LogP contribution in [0.3, 0.4) is 0 Å². The first-order valence-electron chi connectivity index (χ1n) is 8.60. The van der Waals surface area contributed by atoms with E-state index in [1.54, 1.807) is 0 Å². The maximum Gasteiger partial charge on any atom is 0.198 e. The average molecular weight is 317 g/mol. The van der Waals surface area contributed by atoms with Gasteiger partial charge in [0.2, 0.25) is 0 Å². The largest absolute Gasteiger partial charge is 0.381 e. The summed E-state index contributed by atoms with van der Waals surface area (Å²) >= 11 is 0. The van der Waals surface area contributed by atoms with E-state index >= 15 is 0 Å². The first-order valence-corrected chi connectivity index (χ1v) is 8.60. The van der Waals surface area contributed by atoms with Crippen LogP contribution in [0.15, 0.2) is 29.3 Å². The Hall–Kier alpha value is -1.59. The Labute approximate surface area is 138 Å². The first kappa shape index (κ1) is 16.3. The van der Waals surface area contributed by atoms with Gasteiger partial charge in [0.1, 0.15) is 0 Å². The van der Waals surface area contributed by atoms with E-state index in [1.165, 1.54) is 11.3 Å². The monoisotopic (exact) mass is 317 g/mol. The maximum absolute atomic E-state index is 5.74. The highest BCUT2D eigenvalue weighted by Gasteiger charge is 2.22. The van der Waals surface area contributed by atoms with E-state index in [9.17, 15) is 0 Å². The van der Waals surface area contributed by atoms with Crippen LogP contribution in [0.1, 0.15) is 18.4 Å². The van der Waals surface area contributed by atoms with Crippen LogP contribution < -0.4 is 10.2 Å². The Morgan fingerprint density at radius 1 is 1.43 bits per heavy atom. The van der Waals surface area contributed by atoms with Gasteiger partial charge in [-0.15, -0.1) is 0 Å². The molecule has 1 aromatic carbocycles. The van der Waals surface area contributed by atoms with Crippen molar-refractivity contribution in [3.05, 3.63) is 29.8 Å². The Balaban J connectivity index is 1.37. The molecule has 23 heavy (non-hydrogen) atoms. The summed E-state index contributed by atoms with van der Waals surface area (Å²) in [7, 11) is 1.85. The number of nitrogens with one attached hydrogen (secondary N) is 1. The minimum absolute atomic E-state index is 0.594. The van der Waals surface area contributed by atoms with Gasteiger partial charge in [-0.05, 0) is 30.9 Å². The molecule has 0 aromatic heterocycles. The molecule has 0 amide bonds. The van der Waals surface area contributed by atoms with Gasteiger partial charge in [-0.1, -0.05) is 18.2 Å². The summed E-state index contributed by atoms with van der Waals surface area (Å²) in [5.74, 6) is 1.55. The Morgan fingerprint density at radius 3 is 3.17 bits per heavy atom. The molecule has 5 nitrogen and oxygen atoms in total. The fourth-order valence-corrected chi connectivity index (χ4v) is 3.19. The standard InChI is InChI=1S/C18H27N3O2/c1-19-18(21-10-7-16-5-2-3-6-17(16)21)20-9-4-11-22-13-15-8-12-23-14-15/h2-3,5-6,15H,4,7-14H2,1H3,(H,19,20). The van der Waals surface area contributed by atoms with Crippen LogP contribution in [0.5, 0.6) is 0 Å². The number of para-hydroxylation sites is 1. The van der Waals surface area contributed by atoms with Crippen molar-refractivity contribution in [2.45, 2.75) is 19.3 Å². The molecule has 1 saturated heterocycles. The molecule has 1 N–H and O–H groups in total. The Kier molecular flexibility index (Phi) is 5.88. The third-order valence-electron chi connectivity index (χ3n) is 4.48. The van der Waals surface area contributed by atoms with Crippen LogP contribution in [-0.2, 0) is 15.9 Å². The molecule has 0 spiro atoms. The lowest BCUT2D eigenvalue weighted by Crippen LogP contribution is -2.41. The summed E-state index contributed by atoms with van der Waals surface area (Å²) in [6.45, 7) is 5.25. The van der Waals surface area contributed by atoms with E-state index in [0.29, 0.717) is 5.92 Å². The Morgan fingerprint density at radius 2 is 2.35 bits per heavy atom. The van der Waals surface area contributed by atoms with Gasteiger partial charge in [0.15, 0.2) is 5.96 Å². The minimum Gasteiger partial charge on any atom is -0.381 e. The van der Waals surface area contributed by atoms with Crippen LogP contribution in [-0.4, -0.2) is 52.5 Å². The molecular weight excluding hydrogens is 290 g/mol. The highest BCUT2D eigenvalue weighted by atomic mass is 16.5. The van der Waals surface area contributed by atoms with Crippen LogP contribution in [0.4, 0.5) is 5.69 Å². The number of ether oxygens (including phenoxy) is 2. The van der Waals surface area contributed by atoms with Gasteiger partial charge in [0.25, 0.3) is 0 Å². The fraction of sp³-hybridized carbons (Fsp3) is 0.611. The lowest BCUT2D eigenvalue weighted by molar-refractivity contribution is 0.0888. The summed E-state index contributed by atoms with van der Waals surface area (Å²) in [5, 5.41) is 3.45. The van der Waals surface area contributed by atoms with Crippen molar-refractivity contribution in [2.75, 3.05) is 51.5 Å². The molecule has 3 rings (SSSR count). The van der Waals surface area contributed by atoms with E-state index in [-0.39, 0.29) is 0 Å². The van der Waals surface area contributed by atoms with Crippen molar-refractivity contribution in [1.82, 2.24) is 5.32 Å². The molecule has 0 saturated carbocycles. The minimum atomic E-state index is 0.594. The van der Waals surface area contributed by atoms with Gasteiger partial charge in [0.05, 0.1) is 13.2 Å².